The maximum Gasteiger partial charge on any atom is 0.224 e. The van der Waals surface area contributed by atoms with E-state index >= 15 is 0 Å². The Labute approximate surface area is 127 Å². The zero-order chi connectivity index (χ0) is 14.8. The van der Waals surface area contributed by atoms with Gasteiger partial charge in [0.05, 0.1) is 6.54 Å². The highest BCUT2D eigenvalue weighted by molar-refractivity contribution is 6.31. The van der Waals surface area contributed by atoms with Crippen molar-refractivity contribution < 1.29 is 4.79 Å². The summed E-state index contributed by atoms with van der Waals surface area (Å²) in [7, 11) is 0. The molecule has 21 heavy (non-hydrogen) atoms. The highest BCUT2D eigenvalue weighted by Gasteiger charge is 2.22. The summed E-state index contributed by atoms with van der Waals surface area (Å²) < 4.78 is 1.65. The third-order valence-electron chi connectivity index (χ3n) is 3.81. The minimum absolute atomic E-state index is 0.121. The van der Waals surface area contributed by atoms with Crippen LogP contribution >= 0.6 is 11.6 Å². The average Bonchev–Trinajstić information content (AvgIpc) is 2.90. The molecule has 1 aromatic heterocycles. The summed E-state index contributed by atoms with van der Waals surface area (Å²) in [4.78, 5) is 14.2. The number of carbonyl (C=O) groups excluding carboxylic acids is 1. The Hall–Kier alpha value is -1.95. The highest BCUT2D eigenvalue weighted by atomic mass is 35.5. The molecule has 0 atom stereocenters. The topological polar surface area (TPSA) is 63.9 Å². The molecule has 0 aliphatic carbocycles. The quantitative estimate of drug-likeness (QED) is 0.864. The van der Waals surface area contributed by atoms with Crippen LogP contribution in [0.25, 0.3) is 0 Å². The predicted molar refractivity (Wildman–Crippen MR) is 77.7 cm³/mol. The number of benzene rings is 1. The minimum atomic E-state index is 0.121. The number of fused-ring (bicyclic) bond motifs is 1. The van der Waals surface area contributed by atoms with Crippen LogP contribution < -0.4 is 0 Å². The van der Waals surface area contributed by atoms with Gasteiger partial charge in [-0.1, -0.05) is 23.7 Å². The van der Waals surface area contributed by atoms with Crippen molar-refractivity contribution in [2.75, 3.05) is 6.54 Å². The molecular weight excluding hydrogens is 290 g/mol. The van der Waals surface area contributed by atoms with Gasteiger partial charge in [-0.15, -0.1) is 5.10 Å². The Morgan fingerprint density at radius 3 is 3.05 bits per heavy atom. The van der Waals surface area contributed by atoms with Crippen LogP contribution in [0.4, 0.5) is 0 Å². The van der Waals surface area contributed by atoms with Crippen LogP contribution in [0.2, 0.25) is 5.02 Å². The van der Waals surface area contributed by atoms with Crippen molar-refractivity contribution in [2.24, 2.45) is 0 Å². The maximum absolute atomic E-state index is 12.3. The van der Waals surface area contributed by atoms with E-state index in [1.165, 1.54) is 5.56 Å². The summed E-state index contributed by atoms with van der Waals surface area (Å²) >= 11 is 6.19. The molecular formula is C14H16ClN5O. The predicted octanol–water partition coefficient (Wildman–Crippen LogP) is 1.61. The van der Waals surface area contributed by atoms with Crippen LogP contribution in [-0.2, 0) is 24.3 Å². The van der Waals surface area contributed by atoms with Crippen molar-refractivity contribution in [2.45, 2.75) is 32.9 Å². The number of rotatable bonds is 3. The van der Waals surface area contributed by atoms with Crippen molar-refractivity contribution in [3.05, 3.63) is 40.2 Å². The van der Waals surface area contributed by atoms with E-state index in [0.29, 0.717) is 26.1 Å². The third-order valence-corrected chi connectivity index (χ3v) is 4.16. The van der Waals surface area contributed by atoms with Crippen molar-refractivity contribution in [3.63, 3.8) is 0 Å². The summed E-state index contributed by atoms with van der Waals surface area (Å²) in [5.74, 6) is 0.842. The molecule has 0 fully saturated rings. The maximum atomic E-state index is 12.3. The smallest absolute Gasteiger partial charge is 0.224 e. The fourth-order valence-electron chi connectivity index (χ4n) is 2.59. The normalized spacial score (nSPS) is 14.1. The highest BCUT2D eigenvalue weighted by Crippen LogP contribution is 2.26. The number of hydrogen-bond donors (Lipinski definition) is 0. The van der Waals surface area contributed by atoms with Crippen molar-refractivity contribution >= 4 is 17.5 Å². The molecule has 6 nitrogen and oxygen atoms in total. The first-order valence-corrected chi connectivity index (χ1v) is 7.30. The molecule has 2 heterocycles. The largest absolute Gasteiger partial charge is 0.338 e. The van der Waals surface area contributed by atoms with Crippen molar-refractivity contribution in [1.82, 2.24) is 25.1 Å². The van der Waals surface area contributed by atoms with Crippen LogP contribution in [0.3, 0.4) is 0 Å². The second-order valence-electron chi connectivity index (χ2n) is 5.14. The molecule has 0 saturated heterocycles. The van der Waals surface area contributed by atoms with Crippen LogP contribution in [0.1, 0.15) is 23.4 Å². The second-order valence-corrected chi connectivity index (χ2v) is 5.55. The molecule has 7 heteroatoms. The van der Waals surface area contributed by atoms with Crippen LogP contribution in [0, 0.1) is 6.92 Å². The summed E-state index contributed by atoms with van der Waals surface area (Å²) in [5, 5.41) is 12.0. The Morgan fingerprint density at radius 2 is 2.29 bits per heavy atom. The van der Waals surface area contributed by atoms with E-state index in [-0.39, 0.29) is 5.91 Å². The number of aromatic nitrogens is 4. The van der Waals surface area contributed by atoms with E-state index in [1.54, 1.807) is 4.68 Å². The summed E-state index contributed by atoms with van der Waals surface area (Å²) in [6.07, 6.45) is 1.21. The lowest BCUT2D eigenvalue weighted by Crippen LogP contribution is -2.36. The first kappa shape index (κ1) is 14.0. The van der Waals surface area contributed by atoms with Crippen LogP contribution in [-0.4, -0.2) is 37.6 Å². The third kappa shape index (κ3) is 2.90. The minimum Gasteiger partial charge on any atom is -0.338 e. The molecule has 0 unspecified atom stereocenters. The van der Waals surface area contributed by atoms with Gasteiger partial charge in [-0.25, -0.2) is 4.68 Å². The molecule has 0 spiro atoms. The molecule has 1 aliphatic heterocycles. The number of hydrogen-bond acceptors (Lipinski definition) is 4. The van der Waals surface area contributed by atoms with Gasteiger partial charge in [0.1, 0.15) is 5.82 Å². The first-order chi connectivity index (χ1) is 10.1. The number of nitrogens with zero attached hydrogens (tertiary/aromatic N) is 5. The van der Waals surface area contributed by atoms with Gasteiger partial charge in [-0.05, 0) is 41.0 Å². The lowest BCUT2D eigenvalue weighted by Gasteiger charge is -2.29. The van der Waals surface area contributed by atoms with E-state index in [2.05, 4.69) is 15.5 Å². The van der Waals surface area contributed by atoms with E-state index < -0.39 is 0 Å². The van der Waals surface area contributed by atoms with Gasteiger partial charge in [0.15, 0.2) is 0 Å². The molecule has 0 bridgehead atoms. The van der Waals surface area contributed by atoms with E-state index in [4.69, 9.17) is 11.6 Å². The standard InChI is InChI=1S/C14H16ClN5O/c1-10-16-17-18-20(10)8-6-14(21)19-7-5-12-11(9-19)3-2-4-13(12)15/h2-4H,5-9H2,1H3. The fourth-order valence-corrected chi connectivity index (χ4v) is 2.88. The molecule has 1 amide bonds. The lowest BCUT2D eigenvalue weighted by atomic mass is 9.99. The average molecular weight is 306 g/mol. The fraction of sp³-hybridized carbons (Fsp3) is 0.429. The number of tetrazole rings is 1. The molecule has 0 N–H and O–H groups in total. The molecule has 0 saturated carbocycles. The number of halogens is 1. The Morgan fingerprint density at radius 1 is 1.43 bits per heavy atom. The number of amides is 1. The van der Waals surface area contributed by atoms with Crippen LogP contribution in [0.5, 0.6) is 0 Å². The summed E-state index contributed by atoms with van der Waals surface area (Å²) in [6, 6.07) is 5.87. The monoisotopic (exact) mass is 305 g/mol. The van der Waals surface area contributed by atoms with E-state index in [1.807, 2.05) is 30.0 Å². The molecule has 0 radical (unpaired) electrons. The Balaban J connectivity index is 1.63. The van der Waals surface area contributed by atoms with Gasteiger partial charge in [0.25, 0.3) is 0 Å². The van der Waals surface area contributed by atoms with Gasteiger partial charge < -0.3 is 4.90 Å². The van der Waals surface area contributed by atoms with Gasteiger partial charge in [-0.3, -0.25) is 4.79 Å². The lowest BCUT2D eigenvalue weighted by molar-refractivity contribution is -0.132. The Kier molecular flexibility index (Phi) is 3.88. The summed E-state index contributed by atoms with van der Waals surface area (Å²) in [5.41, 5.74) is 2.31. The molecule has 110 valence electrons. The number of aryl methyl sites for hydroxylation is 2. The van der Waals surface area contributed by atoms with Crippen molar-refractivity contribution in [3.8, 4) is 0 Å². The van der Waals surface area contributed by atoms with E-state index in [0.717, 1.165) is 22.8 Å². The molecule has 3 rings (SSSR count). The molecule has 1 aromatic carbocycles. The van der Waals surface area contributed by atoms with Crippen LogP contribution in [0.15, 0.2) is 18.2 Å². The molecule has 1 aliphatic rings. The van der Waals surface area contributed by atoms with Crippen molar-refractivity contribution in [1.29, 1.82) is 0 Å². The summed E-state index contributed by atoms with van der Waals surface area (Å²) in [6.45, 7) is 3.67. The van der Waals surface area contributed by atoms with Gasteiger partial charge in [0, 0.05) is 24.5 Å². The first-order valence-electron chi connectivity index (χ1n) is 6.92. The van der Waals surface area contributed by atoms with E-state index in [9.17, 15) is 4.79 Å². The second kappa shape index (κ2) is 5.81. The SMILES string of the molecule is Cc1nnnn1CCC(=O)N1CCc2c(Cl)cccc2C1. The van der Waals surface area contributed by atoms with Gasteiger partial charge in [0.2, 0.25) is 5.91 Å². The number of carbonyl (C=O) groups is 1. The van der Waals surface area contributed by atoms with Gasteiger partial charge in [-0.2, -0.15) is 0 Å². The molecule has 2 aromatic rings. The zero-order valence-corrected chi connectivity index (χ0v) is 12.5. The zero-order valence-electron chi connectivity index (χ0n) is 11.8. The van der Waals surface area contributed by atoms with Gasteiger partial charge >= 0.3 is 0 Å². The Bertz CT molecular complexity index is 669.